The average molecular weight is 275 g/mol. The number of benzene rings is 1. The van der Waals surface area contributed by atoms with Gasteiger partial charge in [-0.05, 0) is 24.1 Å². The van der Waals surface area contributed by atoms with Crippen LogP contribution in [0.5, 0.6) is 0 Å². The molecule has 1 saturated heterocycles. The van der Waals surface area contributed by atoms with Gasteiger partial charge in [-0.1, -0.05) is 6.07 Å². The Bertz CT molecular complexity index is 428. The van der Waals surface area contributed by atoms with Crippen LogP contribution in [-0.4, -0.2) is 19.8 Å². The Morgan fingerprint density at radius 2 is 2.16 bits per heavy atom. The molecule has 0 aliphatic carbocycles. The first-order valence-corrected chi connectivity index (χ1v) is 6.08. The molecule has 0 saturated carbocycles. The molecule has 1 aromatic carbocycles. The van der Waals surface area contributed by atoms with Gasteiger partial charge < -0.3 is 15.2 Å². The summed E-state index contributed by atoms with van der Waals surface area (Å²) in [6.07, 6.45) is -3.52. The van der Waals surface area contributed by atoms with E-state index in [-0.39, 0.29) is 23.8 Å². The van der Waals surface area contributed by atoms with Crippen molar-refractivity contribution in [2.75, 3.05) is 25.6 Å². The molecule has 2 rings (SSSR count). The summed E-state index contributed by atoms with van der Waals surface area (Å²) in [5, 5.41) is 0. The molecule has 0 amide bonds. The van der Waals surface area contributed by atoms with E-state index in [9.17, 15) is 13.2 Å². The fourth-order valence-electron chi connectivity index (χ4n) is 2.03. The van der Waals surface area contributed by atoms with E-state index in [1.807, 2.05) is 0 Å². The van der Waals surface area contributed by atoms with Crippen molar-refractivity contribution in [2.45, 2.75) is 19.2 Å². The van der Waals surface area contributed by atoms with Crippen LogP contribution in [0.3, 0.4) is 0 Å². The highest BCUT2D eigenvalue weighted by Crippen LogP contribution is 2.33. The lowest BCUT2D eigenvalue weighted by molar-refractivity contribution is -0.138. The van der Waals surface area contributed by atoms with Crippen molar-refractivity contribution in [3.05, 3.63) is 29.3 Å². The SMILES string of the molecule is Nc1ccc(COCC2CCOC2)c(C(F)(F)F)c1. The zero-order valence-electron chi connectivity index (χ0n) is 10.4. The van der Waals surface area contributed by atoms with Crippen LogP contribution in [0, 0.1) is 5.92 Å². The number of anilines is 1. The van der Waals surface area contributed by atoms with Crippen molar-refractivity contribution in [3.63, 3.8) is 0 Å². The van der Waals surface area contributed by atoms with Crippen LogP contribution >= 0.6 is 0 Å². The molecule has 106 valence electrons. The van der Waals surface area contributed by atoms with E-state index in [2.05, 4.69) is 0 Å². The smallest absolute Gasteiger partial charge is 0.399 e. The molecule has 0 radical (unpaired) electrons. The van der Waals surface area contributed by atoms with Crippen molar-refractivity contribution >= 4 is 5.69 Å². The van der Waals surface area contributed by atoms with Gasteiger partial charge in [-0.2, -0.15) is 13.2 Å². The third-order valence-corrected chi connectivity index (χ3v) is 3.07. The van der Waals surface area contributed by atoms with Crippen LogP contribution in [0.15, 0.2) is 18.2 Å². The number of nitrogen functional groups attached to an aromatic ring is 1. The summed E-state index contributed by atoms with van der Waals surface area (Å²) < 4.78 is 49.0. The lowest BCUT2D eigenvalue weighted by atomic mass is 10.1. The van der Waals surface area contributed by atoms with Gasteiger partial charge in [0.2, 0.25) is 0 Å². The van der Waals surface area contributed by atoms with Gasteiger partial charge in [0.05, 0.1) is 25.4 Å². The minimum Gasteiger partial charge on any atom is -0.399 e. The summed E-state index contributed by atoms with van der Waals surface area (Å²) >= 11 is 0. The molecular weight excluding hydrogens is 259 g/mol. The predicted octanol–water partition coefficient (Wildman–Crippen LogP) is 2.84. The second-order valence-electron chi connectivity index (χ2n) is 4.66. The third kappa shape index (κ3) is 3.84. The Kier molecular flexibility index (Phi) is 4.31. The highest BCUT2D eigenvalue weighted by molar-refractivity contribution is 5.45. The molecule has 19 heavy (non-hydrogen) atoms. The van der Waals surface area contributed by atoms with Gasteiger partial charge in [0, 0.05) is 18.2 Å². The quantitative estimate of drug-likeness (QED) is 0.859. The highest BCUT2D eigenvalue weighted by Gasteiger charge is 2.33. The van der Waals surface area contributed by atoms with Crippen LogP contribution < -0.4 is 5.73 Å². The summed E-state index contributed by atoms with van der Waals surface area (Å²) in [5.74, 6) is 0.281. The largest absolute Gasteiger partial charge is 0.416 e. The summed E-state index contributed by atoms with van der Waals surface area (Å²) in [5.41, 5.74) is 4.88. The first-order valence-electron chi connectivity index (χ1n) is 6.08. The van der Waals surface area contributed by atoms with Gasteiger partial charge in [-0.25, -0.2) is 0 Å². The first-order chi connectivity index (χ1) is 8.97. The van der Waals surface area contributed by atoms with Gasteiger partial charge in [-0.3, -0.25) is 0 Å². The first kappa shape index (κ1) is 14.1. The number of alkyl halides is 3. The normalized spacial score (nSPS) is 19.8. The fraction of sp³-hybridized carbons (Fsp3) is 0.538. The van der Waals surface area contributed by atoms with E-state index in [1.54, 1.807) is 0 Å². The molecule has 1 aliphatic heterocycles. The lowest BCUT2D eigenvalue weighted by Gasteiger charge is -2.15. The van der Waals surface area contributed by atoms with E-state index in [0.717, 1.165) is 12.5 Å². The molecule has 1 atom stereocenters. The van der Waals surface area contributed by atoms with Gasteiger partial charge >= 0.3 is 6.18 Å². The summed E-state index contributed by atoms with van der Waals surface area (Å²) in [4.78, 5) is 0. The molecular formula is C13H16F3NO2. The molecule has 3 nitrogen and oxygen atoms in total. The molecule has 2 N–H and O–H groups in total. The molecule has 1 aliphatic rings. The zero-order chi connectivity index (χ0) is 13.9. The molecule has 1 unspecified atom stereocenters. The second kappa shape index (κ2) is 5.79. The van der Waals surface area contributed by atoms with E-state index in [0.29, 0.717) is 19.8 Å². The Morgan fingerprint density at radius 1 is 1.37 bits per heavy atom. The van der Waals surface area contributed by atoms with E-state index < -0.39 is 11.7 Å². The molecule has 1 aromatic rings. The Labute approximate surface area is 109 Å². The number of ether oxygens (including phenoxy) is 2. The summed E-state index contributed by atoms with van der Waals surface area (Å²) in [7, 11) is 0. The maximum atomic E-state index is 12.8. The van der Waals surface area contributed by atoms with Crippen molar-refractivity contribution in [1.82, 2.24) is 0 Å². The molecule has 6 heteroatoms. The van der Waals surface area contributed by atoms with E-state index in [1.165, 1.54) is 12.1 Å². The van der Waals surface area contributed by atoms with Gasteiger partial charge in [0.1, 0.15) is 0 Å². The van der Waals surface area contributed by atoms with Crippen LogP contribution in [-0.2, 0) is 22.3 Å². The number of nitrogens with two attached hydrogens (primary N) is 1. The average Bonchev–Trinajstić information content (AvgIpc) is 2.83. The van der Waals surface area contributed by atoms with Crippen molar-refractivity contribution < 1.29 is 22.6 Å². The summed E-state index contributed by atoms with van der Waals surface area (Å²) in [6.45, 7) is 1.67. The number of hydrogen-bond donors (Lipinski definition) is 1. The van der Waals surface area contributed by atoms with Gasteiger partial charge in [-0.15, -0.1) is 0 Å². The van der Waals surface area contributed by atoms with Crippen molar-refractivity contribution in [1.29, 1.82) is 0 Å². The number of halogens is 3. The van der Waals surface area contributed by atoms with Crippen molar-refractivity contribution in [3.8, 4) is 0 Å². The Morgan fingerprint density at radius 3 is 2.79 bits per heavy atom. The standard InChI is InChI=1S/C13H16F3NO2/c14-13(15,16)12-5-11(17)2-1-10(12)8-19-7-9-3-4-18-6-9/h1-2,5,9H,3-4,6-8,17H2. The molecule has 1 fully saturated rings. The highest BCUT2D eigenvalue weighted by atomic mass is 19.4. The monoisotopic (exact) mass is 275 g/mol. The summed E-state index contributed by atoms with van der Waals surface area (Å²) in [6, 6.07) is 3.76. The number of hydrogen-bond acceptors (Lipinski definition) is 3. The number of rotatable bonds is 4. The molecule has 0 bridgehead atoms. The zero-order valence-corrected chi connectivity index (χ0v) is 10.4. The van der Waals surface area contributed by atoms with E-state index >= 15 is 0 Å². The fourth-order valence-corrected chi connectivity index (χ4v) is 2.03. The van der Waals surface area contributed by atoms with E-state index in [4.69, 9.17) is 15.2 Å². The second-order valence-corrected chi connectivity index (χ2v) is 4.66. The predicted molar refractivity (Wildman–Crippen MR) is 64.4 cm³/mol. The maximum absolute atomic E-state index is 12.8. The molecule has 1 heterocycles. The lowest BCUT2D eigenvalue weighted by Crippen LogP contribution is -2.13. The van der Waals surface area contributed by atoms with Gasteiger partial charge in [0.25, 0.3) is 0 Å². The Balaban J connectivity index is 1.98. The molecule has 0 aromatic heterocycles. The molecule has 0 spiro atoms. The van der Waals surface area contributed by atoms with Crippen LogP contribution in [0.1, 0.15) is 17.5 Å². The third-order valence-electron chi connectivity index (χ3n) is 3.07. The van der Waals surface area contributed by atoms with Crippen molar-refractivity contribution in [2.24, 2.45) is 5.92 Å². The van der Waals surface area contributed by atoms with Crippen LogP contribution in [0.25, 0.3) is 0 Å². The topological polar surface area (TPSA) is 44.5 Å². The minimum atomic E-state index is -4.41. The maximum Gasteiger partial charge on any atom is 0.416 e. The van der Waals surface area contributed by atoms with Crippen LogP contribution in [0.4, 0.5) is 18.9 Å². The Hall–Kier alpha value is -1.27. The van der Waals surface area contributed by atoms with Crippen LogP contribution in [0.2, 0.25) is 0 Å². The minimum absolute atomic E-state index is 0.0639. The van der Waals surface area contributed by atoms with Gasteiger partial charge in [0.15, 0.2) is 0 Å².